The normalized spacial score (nSPS) is 11.8. The van der Waals surface area contributed by atoms with Gasteiger partial charge in [-0.3, -0.25) is 0 Å². The van der Waals surface area contributed by atoms with Crippen molar-refractivity contribution < 1.29 is 4.42 Å². The Morgan fingerprint density at radius 2 is 0.717 bits per heavy atom. The predicted octanol–water partition coefficient (Wildman–Crippen LogP) is 14.1. The van der Waals surface area contributed by atoms with Crippen LogP contribution in [0.2, 0.25) is 0 Å². The van der Waals surface area contributed by atoms with Gasteiger partial charge in [-0.15, -0.1) is 0 Å². The first-order chi connectivity index (χ1) is 26.3. The van der Waals surface area contributed by atoms with Crippen LogP contribution in [0.4, 0.5) is 0 Å². The molecule has 11 rings (SSSR count). The van der Waals surface area contributed by atoms with Gasteiger partial charge < -0.3 is 4.42 Å². The van der Waals surface area contributed by atoms with Gasteiger partial charge in [-0.1, -0.05) is 158 Å². The molecule has 0 radical (unpaired) electrons. The lowest BCUT2D eigenvalue weighted by atomic mass is 9.79. The largest absolute Gasteiger partial charge is 0.436 e. The SMILES string of the molecule is c1ccc(-c2c3ccccc3c(-c3ccc4c(c3)-c3ccccc3-c3ccccc3-c3cc(-c5nc6ccccc6o5)ccc3-4)c3ccccc23)cc1. The molecule has 0 bridgehead atoms. The summed E-state index contributed by atoms with van der Waals surface area (Å²) in [7, 11) is 0. The van der Waals surface area contributed by atoms with Crippen LogP contribution in [-0.2, 0) is 0 Å². The highest BCUT2D eigenvalue weighted by Gasteiger charge is 2.24. The van der Waals surface area contributed by atoms with Crippen molar-refractivity contribution in [2.24, 2.45) is 0 Å². The Morgan fingerprint density at radius 1 is 0.302 bits per heavy atom. The van der Waals surface area contributed by atoms with E-state index in [0.29, 0.717) is 5.89 Å². The summed E-state index contributed by atoms with van der Waals surface area (Å²) in [5.74, 6) is 0.627. The molecule has 0 amide bonds. The Balaban J connectivity index is 1.19. The maximum atomic E-state index is 6.28. The number of para-hydroxylation sites is 2. The molecule has 9 aromatic carbocycles. The fraction of sp³-hybridized carbons (Fsp3) is 0. The number of oxazole rings is 1. The Labute approximate surface area is 307 Å². The predicted molar refractivity (Wildman–Crippen MR) is 221 cm³/mol. The van der Waals surface area contributed by atoms with Gasteiger partial charge in [0.2, 0.25) is 5.89 Å². The van der Waals surface area contributed by atoms with Crippen LogP contribution in [0.1, 0.15) is 0 Å². The average molecular weight is 674 g/mol. The Kier molecular flexibility index (Phi) is 6.59. The lowest BCUT2D eigenvalue weighted by Gasteiger charge is -2.24. The molecule has 0 saturated carbocycles. The van der Waals surface area contributed by atoms with Crippen LogP contribution >= 0.6 is 0 Å². The van der Waals surface area contributed by atoms with E-state index in [1.54, 1.807) is 0 Å². The van der Waals surface area contributed by atoms with E-state index < -0.39 is 0 Å². The second-order valence-electron chi connectivity index (χ2n) is 13.8. The molecule has 1 aliphatic rings. The standard InChI is InChI=1S/C51H31NO/c1-2-14-32(15-3-1)49-41-20-8-10-22-43(41)50(44-23-11-9-21-42(44)49)33-26-28-39-40-29-27-34(51-52-47-24-12-13-25-48(47)53-51)31-46(40)38-19-7-5-17-36(38)35-16-4-6-18-37(35)45(39)30-33/h1-31H. The van der Waals surface area contributed by atoms with Gasteiger partial charge in [0.05, 0.1) is 0 Å². The van der Waals surface area contributed by atoms with Crippen molar-refractivity contribution in [2.45, 2.75) is 0 Å². The van der Waals surface area contributed by atoms with Crippen LogP contribution < -0.4 is 0 Å². The summed E-state index contributed by atoms with van der Waals surface area (Å²) in [4.78, 5) is 4.86. The highest BCUT2D eigenvalue weighted by atomic mass is 16.3. The molecule has 53 heavy (non-hydrogen) atoms. The molecule has 0 fully saturated rings. The second kappa shape index (κ2) is 11.8. The summed E-state index contributed by atoms with van der Waals surface area (Å²) in [6, 6.07) is 67.9. The topological polar surface area (TPSA) is 26.0 Å². The van der Waals surface area contributed by atoms with E-state index in [1.807, 2.05) is 24.3 Å². The zero-order valence-corrected chi connectivity index (χ0v) is 28.8. The number of benzene rings is 9. The number of aromatic nitrogens is 1. The molecule has 10 aromatic rings. The molecule has 0 N–H and O–H groups in total. The van der Waals surface area contributed by atoms with Gasteiger partial charge in [-0.25, -0.2) is 4.98 Å². The highest BCUT2D eigenvalue weighted by Crippen LogP contribution is 2.51. The van der Waals surface area contributed by atoms with Crippen molar-refractivity contribution in [3.05, 3.63) is 188 Å². The quantitative estimate of drug-likeness (QED) is 0.175. The summed E-state index contributed by atoms with van der Waals surface area (Å²) in [5.41, 5.74) is 17.2. The summed E-state index contributed by atoms with van der Waals surface area (Å²) in [6.07, 6.45) is 0. The fourth-order valence-corrected chi connectivity index (χ4v) is 8.55. The van der Waals surface area contributed by atoms with E-state index in [9.17, 15) is 0 Å². The van der Waals surface area contributed by atoms with E-state index in [2.05, 4.69) is 164 Å². The van der Waals surface area contributed by atoms with E-state index in [0.717, 1.165) is 22.2 Å². The molecule has 2 nitrogen and oxygen atoms in total. The van der Waals surface area contributed by atoms with Gasteiger partial charge in [0, 0.05) is 5.56 Å². The first kappa shape index (κ1) is 29.7. The molecular formula is C51H31NO. The van der Waals surface area contributed by atoms with Crippen molar-refractivity contribution in [3.8, 4) is 78.2 Å². The van der Waals surface area contributed by atoms with Gasteiger partial charge >= 0.3 is 0 Å². The third-order valence-electron chi connectivity index (χ3n) is 10.9. The first-order valence-electron chi connectivity index (χ1n) is 18.1. The number of rotatable bonds is 3. The van der Waals surface area contributed by atoms with E-state index in [1.165, 1.54) is 82.7 Å². The zero-order valence-electron chi connectivity index (χ0n) is 28.8. The molecule has 1 heterocycles. The second-order valence-corrected chi connectivity index (χ2v) is 13.8. The van der Waals surface area contributed by atoms with Crippen LogP contribution in [0.5, 0.6) is 0 Å². The number of hydrogen-bond acceptors (Lipinski definition) is 2. The molecule has 2 heteroatoms. The van der Waals surface area contributed by atoms with E-state index >= 15 is 0 Å². The smallest absolute Gasteiger partial charge is 0.227 e. The van der Waals surface area contributed by atoms with E-state index in [4.69, 9.17) is 9.40 Å². The molecule has 246 valence electrons. The molecule has 0 spiro atoms. The Hall–Kier alpha value is -7.03. The van der Waals surface area contributed by atoms with Crippen molar-refractivity contribution in [2.75, 3.05) is 0 Å². The summed E-state index contributed by atoms with van der Waals surface area (Å²) in [6.45, 7) is 0. The summed E-state index contributed by atoms with van der Waals surface area (Å²) in [5, 5.41) is 5.01. The number of nitrogens with zero attached hydrogens (tertiary/aromatic N) is 1. The number of fused-ring (bicyclic) bond motifs is 11. The van der Waals surface area contributed by atoms with Crippen LogP contribution in [0.25, 0.3) is 111 Å². The molecule has 1 aromatic heterocycles. The maximum Gasteiger partial charge on any atom is 0.227 e. The highest BCUT2D eigenvalue weighted by molar-refractivity contribution is 6.21. The minimum absolute atomic E-state index is 0.627. The van der Waals surface area contributed by atoms with Gasteiger partial charge in [0.1, 0.15) is 5.52 Å². The third-order valence-corrected chi connectivity index (χ3v) is 10.9. The Morgan fingerprint density at radius 3 is 1.28 bits per heavy atom. The van der Waals surface area contributed by atoms with Crippen LogP contribution in [0, 0.1) is 0 Å². The van der Waals surface area contributed by atoms with Gasteiger partial charge in [0.15, 0.2) is 5.58 Å². The van der Waals surface area contributed by atoms with E-state index in [-0.39, 0.29) is 0 Å². The number of hydrogen-bond donors (Lipinski definition) is 0. The van der Waals surface area contributed by atoms with Crippen LogP contribution in [-0.4, -0.2) is 4.98 Å². The van der Waals surface area contributed by atoms with Crippen molar-refractivity contribution >= 4 is 32.6 Å². The lowest BCUT2D eigenvalue weighted by molar-refractivity contribution is 0.620. The average Bonchev–Trinajstić information content (AvgIpc) is 3.67. The monoisotopic (exact) mass is 673 g/mol. The van der Waals surface area contributed by atoms with Gasteiger partial charge in [-0.2, -0.15) is 0 Å². The molecule has 0 atom stereocenters. The minimum atomic E-state index is 0.627. The molecule has 0 unspecified atom stereocenters. The lowest BCUT2D eigenvalue weighted by Crippen LogP contribution is -1.98. The molecule has 0 aliphatic heterocycles. The first-order valence-corrected chi connectivity index (χ1v) is 18.1. The molecular weight excluding hydrogens is 643 g/mol. The third kappa shape index (κ3) is 4.63. The minimum Gasteiger partial charge on any atom is -0.436 e. The fourth-order valence-electron chi connectivity index (χ4n) is 8.55. The molecule has 0 saturated heterocycles. The van der Waals surface area contributed by atoms with Gasteiger partial charge in [0.25, 0.3) is 0 Å². The van der Waals surface area contributed by atoms with Crippen molar-refractivity contribution in [1.29, 1.82) is 0 Å². The summed E-state index contributed by atoms with van der Waals surface area (Å²) >= 11 is 0. The maximum absolute atomic E-state index is 6.28. The zero-order chi connectivity index (χ0) is 34.9. The van der Waals surface area contributed by atoms with Crippen molar-refractivity contribution in [1.82, 2.24) is 4.98 Å². The van der Waals surface area contributed by atoms with Crippen LogP contribution in [0.3, 0.4) is 0 Å². The van der Waals surface area contributed by atoms with Crippen molar-refractivity contribution in [3.63, 3.8) is 0 Å². The van der Waals surface area contributed by atoms with Gasteiger partial charge in [-0.05, 0) is 119 Å². The van der Waals surface area contributed by atoms with Crippen LogP contribution in [0.15, 0.2) is 192 Å². The molecule has 1 aliphatic carbocycles. The Bertz CT molecular complexity index is 2970. The summed E-state index contributed by atoms with van der Waals surface area (Å²) < 4.78 is 6.28.